The lowest BCUT2D eigenvalue weighted by molar-refractivity contribution is -0.117. The average Bonchev–Trinajstić information content (AvgIpc) is 3.26. The van der Waals surface area contributed by atoms with Gasteiger partial charge in [-0.15, -0.1) is 0 Å². The maximum Gasteiger partial charge on any atom is 0.251 e. The van der Waals surface area contributed by atoms with E-state index in [0.29, 0.717) is 23.9 Å². The first-order chi connectivity index (χ1) is 13.0. The first-order valence-corrected chi connectivity index (χ1v) is 10.1. The van der Waals surface area contributed by atoms with Gasteiger partial charge in [0.2, 0.25) is 5.91 Å². The predicted octanol–water partition coefficient (Wildman–Crippen LogP) is 2.04. The number of fused-ring (bicyclic) bond motifs is 1. The summed E-state index contributed by atoms with van der Waals surface area (Å²) in [7, 11) is 0. The van der Waals surface area contributed by atoms with Crippen LogP contribution in [0.3, 0.4) is 0 Å². The van der Waals surface area contributed by atoms with Crippen molar-refractivity contribution in [1.29, 1.82) is 0 Å². The van der Waals surface area contributed by atoms with Gasteiger partial charge < -0.3 is 15.0 Å². The molecule has 0 spiro atoms. The molecule has 3 heterocycles. The fourth-order valence-electron chi connectivity index (χ4n) is 4.39. The minimum atomic E-state index is -0.0412. The van der Waals surface area contributed by atoms with Gasteiger partial charge in [0.1, 0.15) is 0 Å². The Labute approximate surface area is 160 Å². The second kappa shape index (κ2) is 7.60. The molecular formula is C21H29N3O3. The summed E-state index contributed by atoms with van der Waals surface area (Å²) in [6.07, 6.45) is 2.75. The van der Waals surface area contributed by atoms with Crippen LogP contribution in [0, 0.1) is 5.92 Å². The molecule has 3 aliphatic heterocycles. The molecule has 1 aromatic rings. The molecule has 0 radical (unpaired) electrons. The molecule has 6 nitrogen and oxygen atoms in total. The Morgan fingerprint density at radius 3 is 2.67 bits per heavy atom. The average molecular weight is 371 g/mol. The molecule has 3 saturated heterocycles. The van der Waals surface area contributed by atoms with E-state index in [4.69, 9.17) is 4.74 Å². The third-order valence-corrected chi connectivity index (χ3v) is 6.04. The highest BCUT2D eigenvalue weighted by Gasteiger charge is 2.38. The molecule has 3 atom stereocenters. The van der Waals surface area contributed by atoms with Crippen molar-refractivity contribution >= 4 is 17.5 Å². The number of amides is 2. The molecule has 2 amide bonds. The summed E-state index contributed by atoms with van der Waals surface area (Å²) < 4.78 is 5.98. The number of carbonyl (C=O) groups excluding carboxylic acids is 2. The van der Waals surface area contributed by atoms with Crippen LogP contribution < -0.4 is 10.2 Å². The minimum Gasteiger partial charge on any atom is -0.375 e. The number of anilines is 1. The first-order valence-electron chi connectivity index (χ1n) is 10.1. The predicted molar refractivity (Wildman–Crippen MR) is 104 cm³/mol. The quantitative estimate of drug-likeness (QED) is 0.880. The summed E-state index contributed by atoms with van der Waals surface area (Å²) in [5, 5.41) is 3.18. The smallest absolute Gasteiger partial charge is 0.251 e. The van der Waals surface area contributed by atoms with Crippen LogP contribution in [-0.4, -0.2) is 61.1 Å². The Morgan fingerprint density at radius 1 is 1.22 bits per heavy atom. The largest absolute Gasteiger partial charge is 0.375 e. The van der Waals surface area contributed by atoms with Crippen LogP contribution in [0.1, 0.15) is 43.5 Å². The monoisotopic (exact) mass is 371 g/mol. The van der Waals surface area contributed by atoms with Crippen molar-refractivity contribution in [2.24, 2.45) is 5.92 Å². The Balaban J connectivity index is 1.34. The third kappa shape index (κ3) is 3.87. The molecule has 1 N–H and O–H groups in total. The maximum atomic E-state index is 12.6. The summed E-state index contributed by atoms with van der Waals surface area (Å²) >= 11 is 0. The zero-order valence-corrected chi connectivity index (χ0v) is 16.2. The lowest BCUT2D eigenvalue weighted by Crippen LogP contribution is -2.48. The van der Waals surface area contributed by atoms with Gasteiger partial charge in [-0.3, -0.25) is 14.5 Å². The number of carbonyl (C=O) groups is 2. The van der Waals surface area contributed by atoms with Gasteiger partial charge >= 0.3 is 0 Å². The van der Waals surface area contributed by atoms with Gasteiger partial charge in [0.15, 0.2) is 0 Å². The van der Waals surface area contributed by atoms with E-state index >= 15 is 0 Å². The van der Waals surface area contributed by atoms with Crippen LogP contribution in [0.2, 0.25) is 0 Å². The number of nitrogens with one attached hydrogen (secondary N) is 1. The highest BCUT2D eigenvalue weighted by atomic mass is 16.5. The second-order valence-electron chi connectivity index (χ2n) is 8.33. The summed E-state index contributed by atoms with van der Waals surface area (Å²) in [5.74, 6) is 0.637. The van der Waals surface area contributed by atoms with Gasteiger partial charge in [0, 0.05) is 49.4 Å². The number of hydrogen-bond donors (Lipinski definition) is 1. The van der Waals surface area contributed by atoms with E-state index in [1.165, 1.54) is 0 Å². The van der Waals surface area contributed by atoms with Crippen LogP contribution in [0.15, 0.2) is 24.3 Å². The van der Waals surface area contributed by atoms with Gasteiger partial charge in [-0.1, -0.05) is 13.8 Å². The van der Waals surface area contributed by atoms with Crippen molar-refractivity contribution in [1.82, 2.24) is 10.2 Å². The summed E-state index contributed by atoms with van der Waals surface area (Å²) in [5.41, 5.74) is 1.52. The maximum absolute atomic E-state index is 12.6. The lowest BCUT2D eigenvalue weighted by Gasteiger charge is -2.36. The van der Waals surface area contributed by atoms with Crippen LogP contribution in [0.4, 0.5) is 5.69 Å². The zero-order valence-electron chi connectivity index (χ0n) is 16.2. The van der Waals surface area contributed by atoms with Crippen LogP contribution in [0.5, 0.6) is 0 Å². The normalized spacial score (nSPS) is 28.6. The van der Waals surface area contributed by atoms with Crippen molar-refractivity contribution in [3.8, 4) is 0 Å². The number of benzene rings is 1. The Hall–Kier alpha value is -1.92. The summed E-state index contributed by atoms with van der Waals surface area (Å²) in [4.78, 5) is 28.7. The van der Waals surface area contributed by atoms with Crippen molar-refractivity contribution in [3.63, 3.8) is 0 Å². The van der Waals surface area contributed by atoms with Crippen molar-refractivity contribution in [2.45, 2.75) is 51.3 Å². The minimum absolute atomic E-state index is 0.0412. The number of ether oxygens (including phenoxy) is 1. The van der Waals surface area contributed by atoms with E-state index in [1.54, 1.807) is 4.90 Å². The van der Waals surface area contributed by atoms with E-state index in [-0.39, 0.29) is 24.0 Å². The molecular weight excluding hydrogens is 342 g/mol. The van der Waals surface area contributed by atoms with Crippen LogP contribution >= 0.6 is 0 Å². The topological polar surface area (TPSA) is 61.9 Å². The van der Waals surface area contributed by atoms with Gasteiger partial charge in [-0.05, 0) is 43.0 Å². The molecule has 27 heavy (non-hydrogen) atoms. The van der Waals surface area contributed by atoms with Gasteiger partial charge in [0.05, 0.1) is 12.7 Å². The fraction of sp³-hybridized carbons (Fsp3) is 0.619. The van der Waals surface area contributed by atoms with E-state index in [0.717, 1.165) is 44.8 Å². The molecule has 3 fully saturated rings. The standard InChI is InChI=1S/C21H29N3O3/c1-14(2)19-12-23-11-16(10-18(23)13-27-19)22-21(26)15-5-7-17(8-6-15)24-9-3-4-20(24)25/h5-8,14,16,18-19H,3-4,9-13H2,1-2H3,(H,22,26)/t16-,18-,19+/m0/s1. The zero-order chi connectivity index (χ0) is 19.0. The molecule has 4 rings (SSSR count). The van der Waals surface area contributed by atoms with Crippen molar-refractivity contribution in [3.05, 3.63) is 29.8 Å². The molecule has 0 bridgehead atoms. The number of hydrogen-bond acceptors (Lipinski definition) is 4. The van der Waals surface area contributed by atoms with Crippen molar-refractivity contribution in [2.75, 3.05) is 31.1 Å². The molecule has 3 aliphatic rings. The molecule has 0 aliphatic carbocycles. The van der Waals surface area contributed by atoms with Gasteiger partial charge in [-0.25, -0.2) is 0 Å². The Morgan fingerprint density at radius 2 is 2.00 bits per heavy atom. The van der Waals surface area contributed by atoms with Gasteiger partial charge in [0.25, 0.3) is 5.91 Å². The Bertz CT molecular complexity index is 703. The molecule has 1 aromatic carbocycles. The van der Waals surface area contributed by atoms with E-state index in [2.05, 4.69) is 24.1 Å². The second-order valence-corrected chi connectivity index (χ2v) is 8.33. The molecule has 0 saturated carbocycles. The molecule has 146 valence electrons. The fourth-order valence-corrected chi connectivity index (χ4v) is 4.39. The highest BCUT2D eigenvalue weighted by molar-refractivity contribution is 5.97. The number of rotatable bonds is 4. The van der Waals surface area contributed by atoms with E-state index < -0.39 is 0 Å². The SMILES string of the molecule is CC(C)[C@H]1CN2C[C@@H](NC(=O)c3ccc(N4CCCC4=O)cc3)C[C@H]2CO1. The molecule has 0 unspecified atom stereocenters. The molecule has 6 heteroatoms. The number of nitrogens with zero attached hydrogens (tertiary/aromatic N) is 2. The Kier molecular flexibility index (Phi) is 5.19. The third-order valence-electron chi connectivity index (χ3n) is 6.04. The summed E-state index contributed by atoms with van der Waals surface area (Å²) in [6, 6.07) is 7.95. The van der Waals surface area contributed by atoms with Gasteiger partial charge in [-0.2, -0.15) is 0 Å². The highest BCUT2D eigenvalue weighted by Crippen LogP contribution is 2.26. The van der Waals surface area contributed by atoms with E-state index in [9.17, 15) is 9.59 Å². The molecule has 0 aromatic heterocycles. The van der Waals surface area contributed by atoms with E-state index in [1.807, 2.05) is 24.3 Å². The summed E-state index contributed by atoms with van der Waals surface area (Å²) in [6.45, 7) is 7.76. The first kappa shape index (κ1) is 18.4. The van der Waals surface area contributed by atoms with Crippen LogP contribution in [-0.2, 0) is 9.53 Å². The number of morpholine rings is 1. The lowest BCUT2D eigenvalue weighted by atomic mass is 10.0. The van der Waals surface area contributed by atoms with Crippen LogP contribution in [0.25, 0.3) is 0 Å². The van der Waals surface area contributed by atoms with Crippen molar-refractivity contribution < 1.29 is 14.3 Å².